The molecule has 1 atom stereocenters. The summed E-state index contributed by atoms with van der Waals surface area (Å²) in [4.78, 5) is 15.1. The maximum Gasteiger partial charge on any atom is 0.221 e. The molecular weight excluding hydrogens is 286 g/mol. The van der Waals surface area contributed by atoms with E-state index in [-0.39, 0.29) is 24.4 Å². The summed E-state index contributed by atoms with van der Waals surface area (Å²) in [5.74, 6) is -0.00495. The monoisotopic (exact) mass is 309 g/mol. The Morgan fingerprint density at radius 3 is 2.62 bits per heavy atom. The van der Waals surface area contributed by atoms with Crippen LogP contribution in [0.1, 0.15) is 35.7 Å². The number of amides is 1. The van der Waals surface area contributed by atoms with E-state index in [9.17, 15) is 4.79 Å². The van der Waals surface area contributed by atoms with Crippen LogP contribution >= 0.6 is 12.4 Å². The van der Waals surface area contributed by atoms with E-state index in [1.807, 2.05) is 6.92 Å². The zero-order chi connectivity index (χ0) is 14.9. The van der Waals surface area contributed by atoms with Gasteiger partial charge in [0.05, 0.1) is 5.52 Å². The summed E-state index contributed by atoms with van der Waals surface area (Å²) < 4.78 is 0. The Morgan fingerprint density at radius 2 is 2.00 bits per heavy atom. The molecule has 2 aromatic rings. The first-order chi connectivity index (χ1) is 9.38. The molecule has 0 saturated heterocycles. The molecule has 1 amide bonds. The van der Waals surface area contributed by atoms with Crippen molar-refractivity contribution in [2.45, 2.75) is 46.7 Å². The number of aromatic amines is 1. The van der Waals surface area contributed by atoms with Crippen LogP contribution in [-0.2, 0) is 11.3 Å². The van der Waals surface area contributed by atoms with Crippen molar-refractivity contribution >= 4 is 29.2 Å². The molecule has 1 aromatic carbocycles. The molecule has 0 aliphatic rings. The zero-order valence-corrected chi connectivity index (χ0v) is 13.9. The molecule has 0 aliphatic carbocycles. The fraction of sp³-hybridized carbons (Fsp3) is 0.438. The second kappa shape index (κ2) is 6.96. The third-order valence-corrected chi connectivity index (χ3v) is 3.63. The molecule has 1 aromatic heterocycles. The number of nitrogens with one attached hydrogen (secondary N) is 2. The summed E-state index contributed by atoms with van der Waals surface area (Å²) in [6, 6.07) is 4.19. The molecule has 1 unspecified atom stereocenters. The van der Waals surface area contributed by atoms with Gasteiger partial charge < -0.3 is 16.0 Å². The number of halogens is 1. The lowest BCUT2D eigenvalue weighted by Gasteiger charge is -2.09. The summed E-state index contributed by atoms with van der Waals surface area (Å²) in [5, 5.41) is 4.17. The average molecular weight is 310 g/mol. The van der Waals surface area contributed by atoms with Crippen LogP contribution in [0.5, 0.6) is 0 Å². The maximum absolute atomic E-state index is 11.7. The lowest BCUT2D eigenvalue weighted by Crippen LogP contribution is -2.29. The largest absolute Gasteiger partial charge is 0.358 e. The molecule has 1 heterocycles. The van der Waals surface area contributed by atoms with E-state index >= 15 is 0 Å². The molecule has 2 rings (SSSR count). The number of benzene rings is 1. The Bertz CT molecular complexity index is 646. The van der Waals surface area contributed by atoms with Gasteiger partial charge in [-0.3, -0.25) is 4.79 Å². The Balaban J connectivity index is 0.00000220. The smallest absolute Gasteiger partial charge is 0.221 e. The van der Waals surface area contributed by atoms with Crippen LogP contribution in [-0.4, -0.2) is 16.9 Å². The molecule has 0 fully saturated rings. The van der Waals surface area contributed by atoms with Gasteiger partial charge in [0.25, 0.3) is 0 Å². The fourth-order valence-electron chi connectivity index (χ4n) is 2.49. The lowest BCUT2D eigenvalue weighted by molar-refractivity contribution is -0.121. The number of fused-ring (bicyclic) bond motifs is 1. The number of rotatable bonds is 4. The van der Waals surface area contributed by atoms with Crippen molar-refractivity contribution in [3.8, 4) is 0 Å². The molecule has 0 bridgehead atoms. The third-order valence-electron chi connectivity index (χ3n) is 3.63. The maximum atomic E-state index is 11.7. The minimum absolute atomic E-state index is 0. The van der Waals surface area contributed by atoms with Gasteiger partial charge in [0.15, 0.2) is 0 Å². The van der Waals surface area contributed by atoms with Crippen molar-refractivity contribution in [3.05, 3.63) is 34.5 Å². The van der Waals surface area contributed by atoms with Crippen molar-refractivity contribution in [1.29, 1.82) is 0 Å². The molecule has 5 heteroatoms. The van der Waals surface area contributed by atoms with Crippen molar-refractivity contribution in [1.82, 2.24) is 10.3 Å². The van der Waals surface area contributed by atoms with Gasteiger partial charge in [-0.1, -0.05) is 11.6 Å². The third kappa shape index (κ3) is 3.99. The number of hydrogen-bond acceptors (Lipinski definition) is 2. The van der Waals surface area contributed by atoms with E-state index in [2.05, 4.69) is 43.2 Å². The minimum Gasteiger partial charge on any atom is -0.358 e. The van der Waals surface area contributed by atoms with E-state index in [0.29, 0.717) is 13.0 Å². The van der Waals surface area contributed by atoms with E-state index in [1.54, 1.807) is 0 Å². The quantitative estimate of drug-likeness (QED) is 0.812. The molecule has 0 saturated carbocycles. The molecule has 116 valence electrons. The van der Waals surface area contributed by atoms with Crippen molar-refractivity contribution in [2.75, 3.05) is 0 Å². The molecule has 21 heavy (non-hydrogen) atoms. The number of carbonyl (C=O) groups is 1. The Labute approximate surface area is 131 Å². The molecule has 4 N–H and O–H groups in total. The van der Waals surface area contributed by atoms with E-state index in [0.717, 1.165) is 11.1 Å². The van der Waals surface area contributed by atoms with Crippen LogP contribution in [0.2, 0.25) is 0 Å². The highest BCUT2D eigenvalue weighted by molar-refractivity contribution is 5.88. The van der Waals surface area contributed by atoms with E-state index < -0.39 is 0 Å². The number of nitrogens with two attached hydrogens (primary N) is 1. The molecular formula is C16H24ClN3O. The van der Waals surface area contributed by atoms with Crippen LogP contribution < -0.4 is 11.1 Å². The Kier molecular flexibility index (Phi) is 5.81. The van der Waals surface area contributed by atoms with Gasteiger partial charge in [-0.25, -0.2) is 0 Å². The highest BCUT2D eigenvalue weighted by atomic mass is 35.5. The van der Waals surface area contributed by atoms with Crippen molar-refractivity contribution < 1.29 is 4.79 Å². The van der Waals surface area contributed by atoms with E-state index in [1.165, 1.54) is 22.2 Å². The summed E-state index contributed by atoms with van der Waals surface area (Å²) in [6.07, 6.45) is 0.359. The van der Waals surface area contributed by atoms with E-state index in [4.69, 9.17) is 5.73 Å². The topological polar surface area (TPSA) is 70.9 Å². The van der Waals surface area contributed by atoms with Gasteiger partial charge in [-0.2, -0.15) is 0 Å². The van der Waals surface area contributed by atoms with Crippen LogP contribution in [0.4, 0.5) is 0 Å². The summed E-state index contributed by atoms with van der Waals surface area (Å²) >= 11 is 0. The SMILES string of the molecule is Cc1cc(CNC(=O)CC(C)N)c2[nH]c(C)c(C)c2c1.Cl. The predicted molar refractivity (Wildman–Crippen MR) is 89.9 cm³/mol. The summed E-state index contributed by atoms with van der Waals surface area (Å²) in [7, 11) is 0. The molecule has 0 spiro atoms. The van der Waals surface area contributed by atoms with Crippen LogP contribution in [0.3, 0.4) is 0 Å². The first-order valence-corrected chi connectivity index (χ1v) is 6.99. The molecule has 4 nitrogen and oxygen atoms in total. The highest BCUT2D eigenvalue weighted by Gasteiger charge is 2.11. The average Bonchev–Trinajstić information content (AvgIpc) is 2.63. The lowest BCUT2D eigenvalue weighted by atomic mass is 10.0. The number of aryl methyl sites for hydroxylation is 3. The number of carbonyl (C=O) groups excluding carboxylic acids is 1. The second-order valence-electron chi connectivity index (χ2n) is 5.68. The molecule has 0 aliphatic heterocycles. The van der Waals surface area contributed by atoms with Gasteiger partial charge in [0.2, 0.25) is 5.91 Å². The van der Waals surface area contributed by atoms with Gasteiger partial charge in [-0.05, 0) is 44.9 Å². The summed E-state index contributed by atoms with van der Waals surface area (Å²) in [5.41, 5.74) is 11.5. The first kappa shape index (κ1) is 17.5. The Hall–Kier alpha value is -1.52. The Morgan fingerprint density at radius 1 is 1.33 bits per heavy atom. The normalized spacial score (nSPS) is 12.0. The summed E-state index contributed by atoms with van der Waals surface area (Å²) in [6.45, 7) is 8.63. The number of H-pyrrole nitrogens is 1. The van der Waals surface area contributed by atoms with Gasteiger partial charge in [0.1, 0.15) is 0 Å². The van der Waals surface area contributed by atoms with Crippen LogP contribution in [0, 0.1) is 20.8 Å². The number of aromatic nitrogens is 1. The van der Waals surface area contributed by atoms with Crippen molar-refractivity contribution in [2.24, 2.45) is 5.73 Å². The second-order valence-corrected chi connectivity index (χ2v) is 5.68. The zero-order valence-electron chi connectivity index (χ0n) is 13.0. The minimum atomic E-state index is -0.109. The van der Waals surface area contributed by atoms with Gasteiger partial charge in [0, 0.05) is 30.1 Å². The predicted octanol–water partition coefficient (Wildman–Crippen LogP) is 2.87. The molecule has 0 radical (unpaired) electrons. The number of hydrogen-bond donors (Lipinski definition) is 3. The van der Waals surface area contributed by atoms with Gasteiger partial charge in [-0.15, -0.1) is 12.4 Å². The van der Waals surface area contributed by atoms with Crippen molar-refractivity contribution in [3.63, 3.8) is 0 Å². The van der Waals surface area contributed by atoms with Crippen LogP contribution in [0.25, 0.3) is 10.9 Å². The van der Waals surface area contributed by atoms with Crippen LogP contribution in [0.15, 0.2) is 12.1 Å². The van der Waals surface area contributed by atoms with Gasteiger partial charge >= 0.3 is 0 Å². The first-order valence-electron chi connectivity index (χ1n) is 6.99. The standard InChI is InChI=1S/C16H23N3O.ClH/c1-9-5-13(8-18-15(20)7-10(2)17)16-14(6-9)11(3)12(4)19-16;/h5-6,10,19H,7-8,17H2,1-4H3,(H,18,20);1H. The highest BCUT2D eigenvalue weighted by Crippen LogP contribution is 2.25. The fourth-order valence-corrected chi connectivity index (χ4v) is 2.49.